The van der Waals surface area contributed by atoms with Crippen LogP contribution in [0.15, 0.2) is 18.2 Å². The number of rotatable bonds is 3. The maximum absolute atomic E-state index is 14.3. The highest BCUT2D eigenvalue weighted by atomic mass is 19.1. The second-order valence-corrected chi connectivity index (χ2v) is 5.79. The Morgan fingerprint density at radius 2 is 2.11 bits per heavy atom. The second-order valence-electron chi connectivity index (χ2n) is 5.79. The van der Waals surface area contributed by atoms with Gasteiger partial charge in [0, 0.05) is 18.1 Å². The smallest absolute Gasteiger partial charge is 0.146 e. The molecule has 18 heavy (non-hydrogen) atoms. The summed E-state index contributed by atoms with van der Waals surface area (Å²) >= 11 is 0. The van der Waals surface area contributed by atoms with Gasteiger partial charge in [-0.3, -0.25) is 0 Å². The largest absolute Gasteiger partial charge is 0.364 e. The van der Waals surface area contributed by atoms with Crippen molar-refractivity contribution in [3.63, 3.8) is 0 Å². The summed E-state index contributed by atoms with van der Waals surface area (Å²) in [5, 5.41) is 3.13. The normalized spacial score (nSPS) is 20.2. The third-order valence-electron chi connectivity index (χ3n) is 4.10. The van der Waals surface area contributed by atoms with Gasteiger partial charge in [0.15, 0.2) is 0 Å². The lowest BCUT2D eigenvalue weighted by atomic mass is 10.0. The molecule has 0 spiro atoms. The highest BCUT2D eigenvalue weighted by Crippen LogP contribution is 2.35. The molecule has 1 fully saturated rings. The van der Waals surface area contributed by atoms with Gasteiger partial charge in [0.2, 0.25) is 0 Å². The molecule has 1 aliphatic heterocycles. The van der Waals surface area contributed by atoms with Gasteiger partial charge in [-0.05, 0) is 58.4 Å². The Labute approximate surface area is 109 Å². The van der Waals surface area contributed by atoms with Gasteiger partial charge in [-0.2, -0.15) is 0 Å². The first-order valence-electron chi connectivity index (χ1n) is 6.70. The molecule has 1 saturated heterocycles. The molecule has 0 aromatic heterocycles. The molecule has 0 saturated carbocycles. The Morgan fingerprint density at radius 1 is 1.39 bits per heavy atom. The third kappa shape index (κ3) is 2.37. The van der Waals surface area contributed by atoms with Crippen molar-refractivity contribution in [1.29, 1.82) is 0 Å². The topological polar surface area (TPSA) is 15.3 Å². The summed E-state index contributed by atoms with van der Waals surface area (Å²) in [5.41, 5.74) is 1.80. The van der Waals surface area contributed by atoms with Crippen LogP contribution in [0.2, 0.25) is 0 Å². The minimum Gasteiger partial charge on any atom is -0.364 e. The summed E-state index contributed by atoms with van der Waals surface area (Å²) in [4.78, 5) is 2.19. The van der Waals surface area contributed by atoms with E-state index in [1.807, 2.05) is 26.1 Å². The zero-order chi connectivity index (χ0) is 13.3. The molecule has 1 heterocycles. The van der Waals surface area contributed by atoms with Crippen molar-refractivity contribution in [1.82, 2.24) is 5.32 Å². The van der Waals surface area contributed by atoms with Crippen LogP contribution in [0, 0.1) is 5.82 Å². The molecule has 0 radical (unpaired) electrons. The molecule has 0 aliphatic carbocycles. The van der Waals surface area contributed by atoms with Gasteiger partial charge < -0.3 is 10.2 Å². The van der Waals surface area contributed by atoms with Gasteiger partial charge in [0.1, 0.15) is 5.82 Å². The van der Waals surface area contributed by atoms with E-state index in [1.165, 1.54) is 0 Å². The molecule has 1 atom stereocenters. The summed E-state index contributed by atoms with van der Waals surface area (Å²) in [6.07, 6.45) is 2.27. The van der Waals surface area contributed by atoms with E-state index < -0.39 is 0 Å². The van der Waals surface area contributed by atoms with Crippen LogP contribution in [-0.4, -0.2) is 19.1 Å². The fourth-order valence-electron chi connectivity index (χ4n) is 2.73. The lowest BCUT2D eigenvalue weighted by molar-refractivity contribution is 0.506. The van der Waals surface area contributed by atoms with Gasteiger partial charge in [-0.1, -0.05) is 6.07 Å². The molecule has 2 rings (SSSR count). The maximum atomic E-state index is 14.3. The average Bonchev–Trinajstić information content (AvgIpc) is 2.68. The second kappa shape index (κ2) is 4.88. The minimum absolute atomic E-state index is 0.0664. The zero-order valence-electron chi connectivity index (χ0n) is 11.8. The van der Waals surface area contributed by atoms with Gasteiger partial charge in [0.05, 0.1) is 5.69 Å². The zero-order valence-corrected chi connectivity index (χ0v) is 11.8. The van der Waals surface area contributed by atoms with E-state index in [0.717, 1.165) is 30.6 Å². The number of nitrogens with zero attached hydrogens (tertiary/aromatic N) is 1. The van der Waals surface area contributed by atoms with Crippen LogP contribution < -0.4 is 10.2 Å². The molecule has 1 aromatic carbocycles. The number of halogens is 1. The van der Waals surface area contributed by atoms with Crippen molar-refractivity contribution >= 4 is 5.69 Å². The van der Waals surface area contributed by atoms with Crippen LogP contribution in [0.5, 0.6) is 0 Å². The quantitative estimate of drug-likeness (QED) is 0.883. The number of hydrogen-bond acceptors (Lipinski definition) is 2. The maximum Gasteiger partial charge on any atom is 0.146 e. The van der Waals surface area contributed by atoms with Crippen LogP contribution in [0.3, 0.4) is 0 Å². The van der Waals surface area contributed by atoms with Crippen molar-refractivity contribution in [3.8, 4) is 0 Å². The first kappa shape index (κ1) is 13.3. The lowest BCUT2D eigenvalue weighted by Crippen LogP contribution is -2.38. The summed E-state index contributed by atoms with van der Waals surface area (Å²) < 4.78 is 14.3. The molecule has 1 aliphatic rings. The predicted octanol–water partition coefficient (Wildman–Crippen LogP) is 3.48. The van der Waals surface area contributed by atoms with Crippen molar-refractivity contribution in [2.24, 2.45) is 0 Å². The van der Waals surface area contributed by atoms with Crippen molar-refractivity contribution in [2.75, 3.05) is 18.5 Å². The highest BCUT2D eigenvalue weighted by molar-refractivity contribution is 5.52. The highest BCUT2D eigenvalue weighted by Gasteiger charge is 2.33. The van der Waals surface area contributed by atoms with Gasteiger partial charge in [-0.25, -0.2) is 4.39 Å². The number of nitrogens with one attached hydrogen (secondary N) is 1. The molecule has 1 aromatic rings. The standard InChI is InChI=1S/C15H23FN2/c1-11(17-4)12-6-7-14(13(16)10-12)18-9-5-8-15(18,2)3/h6-7,10-11,17H,5,8-9H2,1-4H3. The average molecular weight is 250 g/mol. The molecule has 0 amide bonds. The van der Waals surface area contributed by atoms with E-state index in [4.69, 9.17) is 0 Å². The van der Waals surface area contributed by atoms with Crippen molar-refractivity contribution < 1.29 is 4.39 Å². The lowest BCUT2D eigenvalue weighted by Gasteiger charge is -2.34. The Balaban J connectivity index is 2.30. The Bertz CT molecular complexity index is 429. The van der Waals surface area contributed by atoms with E-state index in [1.54, 1.807) is 6.07 Å². The van der Waals surface area contributed by atoms with Crippen LogP contribution >= 0.6 is 0 Å². The molecule has 1 N–H and O–H groups in total. The molecule has 100 valence electrons. The Hall–Kier alpha value is -1.09. The molecular formula is C15H23FN2. The summed E-state index contributed by atoms with van der Waals surface area (Å²) in [6.45, 7) is 7.35. The molecule has 1 unspecified atom stereocenters. The predicted molar refractivity (Wildman–Crippen MR) is 74.5 cm³/mol. The van der Waals surface area contributed by atoms with Crippen LogP contribution in [0.25, 0.3) is 0 Å². The fourth-order valence-corrected chi connectivity index (χ4v) is 2.73. The Kier molecular flexibility index (Phi) is 3.62. The molecular weight excluding hydrogens is 227 g/mol. The van der Waals surface area contributed by atoms with E-state index in [9.17, 15) is 4.39 Å². The minimum atomic E-state index is -0.107. The van der Waals surface area contributed by atoms with Gasteiger partial charge in [-0.15, -0.1) is 0 Å². The summed E-state index contributed by atoms with van der Waals surface area (Å²) in [5.74, 6) is -0.107. The van der Waals surface area contributed by atoms with Crippen molar-refractivity contribution in [2.45, 2.75) is 45.2 Å². The Morgan fingerprint density at radius 3 is 2.61 bits per heavy atom. The molecule has 3 heteroatoms. The van der Waals surface area contributed by atoms with E-state index in [0.29, 0.717) is 0 Å². The van der Waals surface area contributed by atoms with Crippen LogP contribution in [0.1, 0.15) is 45.2 Å². The van der Waals surface area contributed by atoms with E-state index in [2.05, 4.69) is 24.1 Å². The molecule has 2 nitrogen and oxygen atoms in total. The first-order valence-corrected chi connectivity index (χ1v) is 6.70. The third-order valence-corrected chi connectivity index (χ3v) is 4.10. The van der Waals surface area contributed by atoms with Crippen molar-refractivity contribution in [3.05, 3.63) is 29.6 Å². The van der Waals surface area contributed by atoms with Gasteiger partial charge >= 0.3 is 0 Å². The summed E-state index contributed by atoms with van der Waals surface area (Å²) in [7, 11) is 1.89. The number of hydrogen-bond donors (Lipinski definition) is 1. The van der Waals surface area contributed by atoms with Gasteiger partial charge in [0.25, 0.3) is 0 Å². The van der Waals surface area contributed by atoms with Crippen LogP contribution in [0.4, 0.5) is 10.1 Å². The van der Waals surface area contributed by atoms with E-state index >= 15 is 0 Å². The monoisotopic (exact) mass is 250 g/mol. The SMILES string of the molecule is CNC(C)c1ccc(N2CCCC2(C)C)c(F)c1. The number of benzene rings is 1. The fraction of sp³-hybridized carbons (Fsp3) is 0.600. The molecule has 0 bridgehead atoms. The van der Waals surface area contributed by atoms with E-state index in [-0.39, 0.29) is 17.4 Å². The first-order chi connectivity index (χ1) is 8.45. The van der Waals surface area contributed by atoms with Crippen LogP contribution in [-0.2, 0) is 0 Å². The number of anilines is 1. The summed E-state index contributed by atoms with van der Waals surface area (Å²) in [6, 6.07) is 5.78.